The van der Waals surface area contributed by atoms with E-state index in [9.17, 15) is 14.4 Å². The molecule has 0 atom stereocenters. The Kier molecular flexibility index (Phi) is 6.70. The number of amides is 4. The van der Waals surface area contributed by atoms with Gasteiger partial charge in [0.25, 0.3) is 11.8 Å². The number of imide groups is 1. The zero-order valence-corrected chi connectivity index (χ0v) is 15.6. The van der Waals surface area contributed by atoms with E-state index in [1.54, 1.807) is 51.2 Å². The lowest BCUT2D eigenvalue weighted by Crippen LogP contribution is -2.39. The molecular formula is C18H25N3O5. The maximum absolute atomic E-state index is 12.5. The molecule has 1 heterocycles. The Morgan fingerprint density at radius 1 is 1.08 bits per heavy atom. The lowest BCUT2D eigenvalue weighted by atomic mass is 10.1. The molecule has 1 N–H and O–H groups in total. The normalized spacial score (nSPS) is 13.3. The molecule has 8 nitrogen and oxygen atoms in total. The summed E-state index contributed by atoms with van der Waals surface area (Å²) in [6.45, 7) is 5.20. The van der Waals surface area contributed by atoms with Crippen LogP contribution in [0.2, 0.25) is 0 Å². The van der Waals surface area contributed by atoms with Crippen LogP contribution in [0.5, 0.6) is 0 Å². The Morgan fingerprint density at radius 2 is 1.65 bits per heavy atom. The number of fused-ring (bicyclic) bond motifs is 1. The number of carbonyl (C=O) groups is 3. The third-order valence-electron chi connectivity index (χ3n) is 4.10. The van der Waals surface area contributed by atoms with Crippen molar-refractivity contribution >= 4 is 23.5 Å². The molecule has 0 spiro atoms. The summed E-state index contributed by atoms with van der Waals surface area (Å²) in [6, 6.07) is 4.19. The highest BCUT2D eigenvalue weighted by Gasteiger charge is 2.37. The van der Waals surface area contributed by atoms with Crippen molar-refractivity contribution in [1.29, 1.82) is 0 Å². The van der Waals surface area contributed by atoms with Gasteiger partial charge in [0, 0.05) is 39.0 Å². The second-order valence-corrected chi connectivity index (χ2v) is 6.24. The molecule has 26 heavy (non-hydrogen) atoms. The number of carbonyl (C=O) groups excluding carboxylic acids is 3. The van der Waals surface area contributed by atoms with Gasteiger partial charge in [-0.05, 0) is 32.0 Å². The van der Waals surface area contributed by atoms with E-state index in [4.69, 9.17) is 9.47 Å². The molecule has 0 radical (unpaired) electrons. The summed E-state index contributed by atoms with van der Waals surface area (Å²) < 4.78 is 10.0. The Balaban J connectivity index is 2.15. The lowest BCUT2D eigenvalue weighted by Gasteiger charge is -2.22. The van der Waals surface area contributed by atoms with Crippen LogP contribution in [0.3, 0.4) is 0 Å². The molecule has 0 saturated heterocycles. The highest BCUT2D eigenvalue weighted by atomic mass is 16.5. The summed E-state index contributed by atoms with van der Waals surface area (Å²) in [7, 11) is 3.13. The van der Waals surface area contributed by atoms with Crippen LogP contribution in [0, 0.1) is 0 Å². The highest BCUT2D eigenvalue weighted by molar-refractivity contribution is 6.22. The van der Waals surface area contributed by atoms with E-state index < -0.39 is 0 Å². The Hall–Kier alpha value is -2.45. The average Bonchev–Trinajstić information content (AvgIpc) is 2.85. The van der Waals surface area contributed by atoms with E-state index in [2.05, 4.69) is 5.32 Å². The van der Waals surface area contributed by atoms with Crippen molar-refractivity contribution in [3.63, 3.8) is 0 Å². The van der Waals surface area contributed by atoms with Crippen LogP contribution < -0.4 is 5.32 Å². The number of ether oxygens (including phenoxy) is 2. The van der Waals surface area contributed by atoms with Crippen LogP contribution >= 0.6 is 0 Å². The summed E-state index contributed by atoms with van der Waals surface area (Å²) in [5, 5.41) is 2.76. The van der Waals surface area contributed by atoms with E-state index in [0.29, 0.717) is 43.1 Å². The molecule has 0 aliphatic carbocycles. The first-order valence-corrected chi connectivity index (χ1v) is 8.46. The summed E-state index contributed by atoms with van der Waals surface area (Å²) in [5.41, 5.74) is 1.12. The molecule has 0 fully saturated rings. The summed E-state index contributed by atoms with van der Waals surface area (Å²) in [6.07, 6.45) is 0. The maximum atomic E-state index is 12.5. The zero-order chi connectivity index (χ0) is 19.3. The van der Waals surface area contributed by atoms with Crippen LogP contribution in [0.4, 0.5) is 10.5 Å². The topological polar surface area (TPSA) is 88.2 Å². The average molecular weight is 363 g/mol. The van der Waals surface area contributed by atoms with E-state index in [1.807, 2.05) is 0 Å². The van der Waals surface area contributed by atoms with Gasteiger partial charge >= 0.3 is 6.03 Å². The molecule has 0 saturated carbocycles. The van der Waals surface area contributed by atoms with Crippen molar-refractivity contribution in [2.24, 2.45) is 0 Å². The molecule has 2 rings (SSSR count). The number of hydrogen-bond donors (Lipinski definition) is 1. The standard InChI is InChI=1S/C18H25N3O5/c1-12(2)21-16(22)14-6-5-13(11-15(14)17(21)23)19-18(24)20(7-9-25-3)8-10-26-4/h5-6,11-12H,7-10H2,1-4H3,(H,19,24). The molecule has 1 aromatic carbocycles. The van der Waals surface area contributed by atoms with Crippen molar-refractivity contribution < 1.29 is 23.9 Å². The number of methoxy groups -OCH3 is 2. The smallest absolute Gasteiger partial charge is 0.321 e. The Labute approximate surface area is 153 Å². The monoisotopic (exact) mass is 363 g/mol. The van der Waals surface area contributed by atoms with Gasteiger partial charge in [0.1, 0.15) is 0 Å². The highest BCUT2D eigenvalue weighted by Crippen LogP contribution is 2.27. The number of nitrogens with one attached hydrogen (secondary N) is 1. The van der Waals surface area contributed by atoms with Crippen molar-refractivity contribution in [3.05, 3.63) is 29.3 Å². The second kappa shape index (κ2) is 8.77. The number of nitrogens with zero attached hydrogens (tertiary/aromatic N) is 2. The molecule has 1 aliphatic heterocycles. The number of anilines is 1. The van der Waals surface area contributed by atoms with E-state index in [1.165, 1.54) is 4.90 Å². The third-order valence-corrected chi connectivity index (χ3v) is 4.10. The Bertz CT molecular complexity index is 681. The molecule has 0 aromatic heterocycles. The minimum Gasteiger partial charge on any atom is -0.383 e. The molecule has 1 aliphatic rings. The minimum atomic E-state index is -0.341. The first kappa shape index (κ1) is 19.9. The first-order chi connectivity index (χ1) is 12.4. The van der Waals surface area contributed by atoms with Gasteiger partial charge in [-0.3, -0.25) is 14.5 Å². The maximum Gasteiger partial charge on any atom is 0.321 e. The van der Waals surface area contributed by atoms with Crippen LogP contribution in [-0.2, 0) is 9.47 Å². The molecule has 4 amide bonds. The van der Waals surface area contributed by atoms with E-state index in [0.717, 1.165) is 0 Å². The molecule has 0 unspecified atom stereocenters. The van der Waals surface area contributed by atoms with Gasteiger partial charge < -0.3 is 19.7 Å². The van der Waals surface area contributed by atoms with Gasteiger partial charge in [-0.2, -0.15) is 0 Å². The van der Waals surface area contributed by atoms with Gasteiger partial charge in [-0.15, -0.1) is 0 Å². The molecule has 1 aromatic rings. The minimum absolute atomic E-state index is 0.223. The third kappa shape index (κ3) is 4.20. The fourth-order valence-corrected chi connectivity index (χ4v) is 2.73. The molecule has 8 heteroatoms. The van der Waals surface area contributed by atoms with Crippen LogP contribution in [0.15, 0.2) is 18.2 Å². The van der Waals surface area contributed by atoms with Gasteiger partial charge in [-0.1, -0.05) is 0 Å². The number of hydrogen-bond acceptors (Lipinski definition) is 5. The predicted octanol–water partition coefficient (Wildman–Crippen LogP) is 1.82. The van der Waals surface area contributed by atoms with Crippen molar-refractivity contribution in [1.82, 2.24) is 9.80 Å². The van der Waals surface area contributed by atoms with Crippen LogP contribution in [0.1, 0.15) is 34.6 Å². The fraction of sp³-hybridized carbons (Fsp3) is 0.500. The SMILES string of the molecule is COCCN(CCOC)C(=O)Nc1ccc2c(c1)C(=O)N(C(C)C)C2=O. The largest absolute Gasteiger partial charge is 0.383 e. The van der Waals surface area contributed by atoms with Crippen LogP contribution in [-0.4, -0.2) is 74.2 Å². The van der Waals surface area contributed by atoms with Crippen molar-refractivity contribution in [2.75, 3.05) is 45.8 Å². The first-order valence-electron chi connectivity index (χ1n) is 8.46. The van der Waals surface area contributed by atoms with E-state index >= 15 is 0 Å². The van der Waals surface area contributed by atoms with Gasteiger partial charge in [0.2, 0.25) is 0 Å². The van der Waals surface area contributed by atoms with Gasteiger partial charge in [-0.25, -0.2) is 4.79 Å². The molecular weight excluding hydrogens is 338 g/mol. The zero-order valence-electron chi connectivity index (χ0n) is 15.6. The van der Waals surface area contributed by atoms with Crippen molar-refractivity contribution in [2.45, 2.75) is 19.9 Å². The van der Waals surface area contributed by atoms with E-state index in [-0.39, 0.29) is 23.9 Å². The molecule has 142 valence electrons. The Morgan fingerprint density at radius 3 is 2.19 bits per heavy atom. The number of rotatable bonds is 8. The number of benzene rings is 1. The molecule has 0 bridgehead atoms. The fourth-order valence-electron chi connectivity index (χ4n) is 2.73. The van der Waals surface area contributed by atoms with Gasteiger partial charge in [0.05, 0.1) is 24.3 Å². The van der Waals surface area contributed by atoms with Crippen LogP contribution in [0.25, 0.3) is 0 Å². The van der Waals surface area contributed by atoms with Crippen molar-refractivity contribution in [3.8, 4) is 0 Å². The lowest BCUT2D eigenvalue weighted by molar-refractivity contribution is 0.0609. The number of urea groups is 1. The quantitative estimate of drug-likeness (QED) is 0.712. The summed E-state index contributed by atoms with van der Waals surface area (Å²) in [5.74, 6) is -0.647. The summed E-state index contributed by atoms with van der Waals surface area (Å²) >= 11 is 0. The summed E-state index contributed by atoms with van der Waals surface area (Å²) in [4.78, 5) is 40.0. The second-order valence-electron chi connectivity index (χ2n) is 6.24. The predicted molar refractivity (Wildman–Crippen MR) is 96.4 cm³/mol. The van der Waals surface area contributed by atoms with Gasteiger partial charge in [0.15, 0.2) is 0 Å².